The molecule has 1 fully saturated rings. The minimum absolute atomic E-state index is 0.310. The number of nitrogens with zero attached hydrogens (tertiary/aromatic N) is 1. The summed E-state index contributed by atoms with van der Waals surface area (Å²) < 4.78 is 2.15. The van der Waals surface area contributed by atoms with Crippen LogP contribution in [0.5, 0.6) is 5.75 Å². The van der Waals surface area contributed by atoms with Gasteiger partial charge in [0.1, 0.15) is 5.75 Å². The number of benzene rings is 1. The van der Waals surface area contributed by atoms with Crippen LogP contribution in [0.2, 0.25) is 0 Å². The Balaban J connectivity index is 2.40. The lowest BCUT2D eigenvalue weighted by molar-refractivity contribution is 0.126. The molecule has 1 heterocycles. The maximum Gasteiger partial charge on any atom is 0.133 e. The van der Waals surface area contributed by atoms with Crippen LogP contribution in [0.4, 0.5) is 0 Å². The molecule has 5 heteroatoms. The number of hydrogen-bond donors (Lipinski definition) is 2. The van der Waals surface area contributed by atoms with E-state index in [9.17, 15) is 5.11 Å². The van der Waals surface area contributed by atoms with Crippen molar-refractivity contribution in [3.8, 4) is 5.75 Å². The van der Waals surface area contributed by atoms with Gasteiger partial charge in [0.15, 0.2) is 0 Å². The fourth-order valence-corrected chi connectivity index (χ4v) is 4.75. The number of phenols is 1. The van der Waals surface area contributed by atoms with Crippen molar-refractivity contribution < 1.29 is 5.11 Å². The summed E-state index contributed by atoms with van der Waals surface area (Å²) in [5.41, 5.74) is 1.09. The van der Waals surface area contributed by atoms with Crippen LogP contribution in [0.15, 0.2) is 12.1 Å². The van der Waals surface area contributed by atoms with Gasteiger partial charge >= 0.3 is 0 Å². The zero-order valence-corrected chi connectivity index (χ0v) is 16.3. The lowest BCUT2D eigenvalue weighted by atomic mass is 9.90. The largest absolute Gasteiger partial charge is 0.506 e. The predicted octanol–water partition coefficient (Wildman–Crippen LogP) is 3.59. The highest BCUT2D eigenvalue weighted by atomic mass is 127. The summed E-state index contributed by atoms with van der Waals surface area (Å²) in [5.74, 6) is 1.00. The molecule has 0 aromatic heterocycles. The highest BCUT2D eigenvalue weighted by Crippen LogP contribution is 2.39. The van der Waals surface area contributed by atoms with Crippen LogP contribution in [0.3, 0.4) is 0 Å². The summed E-state index contributed by atoms with van der Waals surface area (Å²) in [7, 11) is 0. The predicted molar refractivity (Wildman–Crippen MR) is 100 cm³/mol. The van der Waals surface area contributed by atoms with Gasteiger partial charge in [-0.25, -0.2) is 0 Å². The Bertz CT molecular complexity index is 461. The molecule has 2 rings (SSSR count). The van der Waals surface area contributed by atoms with Gasteiger partial charge in [0.2, 0.25) is 0 Å². The van der Waals surface area contributed by atoms with Crippen molar-refractivity contribution in [1.82, 2.24) is 10.2 Å². The zero-order valence-electron chi connectivity index (χ0n) is 12.0. The molecular formula is C15H22I2N2O. The Morgan fingerprint density at radius 3 is 2.55 bits per heavy atom. The van der Waals surface area contributed by atoms with Crippen molar-refractivity contribution in [3.05, 3.63) is 24.8 Å². The highest BCUT2D eigenvalue weighted by Gasteiger charge is 2.29. The number of rotatable bonds is 4. The summed E-state index contributed by atoms with van der Waals surface area (Å²) in [4.78, 5) is 2.52. The quantitative estimate of drug-likeness (QED) is 0.621. The molecule has 0 bridgehead atoms. The van der Waals surface area contributed by atoms with E-state index in [2.05, 4.69) is 75.3 Å². The molecule has 1 aromatic carbocycles. The third kappa shape index (κ3) is 3.78. The molecule has 1 aliphatic rings. The topological polar surface area (TPSA) is 35.5 Å². The lowest BCUT2D eigenvalue weighted by Crippen LogP contribution is -2.46. The maximum absolute atomic E-state index is 10.5. The average Bonchev–Trinajstić information content (AvgIpc) is 2.45. The van der Waals surface area contributed by atoms with Gasteiger partial charge in [-0.05, 0) is 63.2 Å². The fourth-order valence-electron chi connectivity index (χ4n) is 2.86. The molecule has 2 atom stereocenters. The minimum Gasteiger partial charge on any atom is -0.506 e. The summed E-state index contributed by atoms with van der Waals surface area (Å²) in [6.07, 6.45) is 1.12. The van der Waals surface area contributed by atoms with Gasteiger partial charge in [-0.3, -0.25) is 4.90 Å². The number of aromatic hydroxyl groups is 1. The van der Waals surface area contributed by atoms with Gasteiger partial charge in [0, 0.05) is 41.4 Å². The van der Waals surface area contributed by atoms with E-state index in [1.807, 2.05) is 6.07 Å². The van der Waals surface area contributed by atoms with Crippen molar-refractivity contribution in [1.29, 1.82) is 0 Å². The Kier molecular flexibility index (Phi) is 6.37. The lowest BCUT2D eigenvalue weighted by Gasteiger charge is -2.38. The first kappa shape index (κ1) is 16.8. The number of halogens is 2. The molecule has 2 N–H and O–H groups in total. The number of phenolic OH excluding ortho intramolecular Hbond substituents is 1. The van der Waals surface area contributed by atoms with Crippen molar-refractivity contribution in [2.45, 2.75) is 26.3 Å². The van der Waals surface area contributed by atoms with Crippen LogP contribution in [0.25, 0.3) is 0 Å². The first-order valence-electron chi connectivity index (χ1n) is 7.17. The second-order valence-electron chi connectivity index (χ2n) is 5.44. The van der Waals surface area contributed by atoms with E-state index in [1.54, 1.807) is 0 Å². The van der Waals surface area contributed by atoms with Gasteiger partial charge in [-0.2, -0.15) is 0 Å². The first-order chi connectivity index (χ1) is 9.54. The molecule has 0 spiro atoms. The van der Waals surface area contributed by atoms with E-state index in [-0.39, 0.29) is 0 Å². The fraction of sp³-hybridized carbons (Fsp3) is 0.600. The van der Waals surface area contributed by atoms with E-state index >= 15 is 0 Å². The molecule has 1 unspecified atom stereocenters. The standard InChI is InChI=1S/C15H22I2N2O/c1-3-10(2)14(19-6-4-18-5-7-19)12-8-11(16)9-13(17)15(12)20/h8-10,14,18,20H,3-7H2,1-2H3/t10?,14-/m0/s1. The van der Waals surface area contributed by atoms with E-state index in [4.69, 9.17) is 0 Å². The average molecular weight is 500 g/mol. The third-order valence-electron chi connectivity index (χ3n) is 4.10. The normalized spacial score (nSPS) is 19.8. The van der Waals surface area contributed by atoms with Crippen LogP contribution in [0.1, 0.15) is 31.9 Å². The summed E-state index contributed by atoms with van der Waals surface area (Å²) in [5, 5.41) is 13.9. The Labute approximate surface area is 148 Å². The molecule has 3 nitrogen and oxygen atoms in total. The van der Waals surface area contributed by atoms with Gasteiger partial charge in [0.25, 0.3) is 0 Å². The Morgan fingerprint density at radius 2 is 1.95 bits per heavy atom. The monoisotopic (exact) mass is 500 g/mol. The van der Waals surface area contributed by atoms with Gasteiger partial charge < -0.3 is 10.4 Å². The van der Waals surface area contributed by atoms with Crippen molar-refractivity contribution in [2.75, 3.05) is 26.2 Å². The molecule has 0 amide bonds. The highest BCUT2D eigenvalue weighted by molar-refractivity contribution is 14.1. The van der Waals surface area contributed by atoms with E-state index in [0.29, 0.717) is 17.7 Å². The summed E-state index contributed by atoms with van der Waals surface area (Å²) in [6, 6.07) is 4.49. The summed E-state index contributed by atoms with van der Waals surface area (Å²) in [6.45, 7) is 8.70. The van der Waals surface area contributed by atoms with Crippen molar-refractivity contribution in [3.63, 3.8) is 0 Å². The zero-order chi connectivity index (χ0) is 14.7. The molecule has 1 aromatic rings. The SMILES string of the molecule is CCC(C)[C@@H](c1cc(I)cc(I)c1O)N1CCNCC1. The van der Waals surface area contributed by atoms with Crippen LogP contribution >= 0.6 is 45.2 Å². The van der Waals surface area contributed by atoms with Crippen LogP contribution in [0, 0.1) is 13.1 Å². The van der Waals surface area contributed by atoms with Crippen molar-refractivity contribution in [2.24, 2.45) is 5.92 Å². The van der Waals surface area contributed by atoms with Gasteiger partial charge in [-0.1, -0.05) is 20.3 Å². The molecule has 0 aliphatic carbocycles. The van der Waals surface area contributed by atoms with Crippen molar-refractivity contribution >= 4 is 45.2 Å². The molecule has 112 valence electrons. The smallest absolute Gasteiger partial charge is 0.133 e. The maximum atomic E-state index is 10.5. The summed E-state index contributed by atoms with van der Waals surface area (Å²) >= 11 is 4.57. The minimum atomic E-state index is 0.310. The van der Waals surface area contributed by atoms with Gasteiger partial charge in [-0.15, -0.1) is 0 Å². The first-order valence-corrected chi connectivity index (χ1v) is 9.33. The molecule has 20 heavy (non-hydrogen) atoms. The Morgan fingerprint density at radius 1 is 1.30 bits per heavy atom. The van der Waals surface area contributed by atoms with E-state index in [1.165, 1.54) is 3.57 Å². The van der Waals surface area contributed by atoms with E-state index in [0.717, 1.165) is 41.7 Å². The van der Waals surface area contributed by atoms with Crippen LogP contribution < -0.4 is 5.32 Å². The second kappa shape index (κ2) is 7.60. The molecule has 1 aliphatic heterocycles. The van der Waals surface area contributed by atoms with Crippen LogP contribution in [-0.4, -0.2) is 36.2 Å². The second-order valence-corrected chi connectivity index (χ2v) is 7.85. The number of nitrogens with one attached hydrogen (secondary N) is 1. The van der Waals surface area contributed by atoms with Crippen LogP contribution in [-0.2, 0) is 0 Å². The van der Waals surface area contributed by atoms with Gasteiger partial charge in [0.05, 0.1) is 3.57 Å². The van der Waals surface area contributed by atoms with E-state index < -0.39 is 0 Å². The number of piperazine rings is 1. The third-order valence-corrected chi connectivity index (χ3v) is 5.55. The molecule has 0 saturated carbocycles. The number of hydrogen-bond acceptors (Lipinski definition) is 3. The molecular weight excluding hydrogens is 478 g/mol. The molecule has 0 radical (unpaired) electrons. The Hall–Kier alpha value is 0.400. The molecule has 1 saturated heterocycles.